The van der Waals surface area contributed by atoms with Crippen molar-refractivity contribution in [3.05, 3.63) is 64.2 Å². The third-order valence-corrected chi connectivity index (χ3v) is 6.29. The molecule has 2 aromatic rings. The Kier molecular flexibility index (Phi) is 6.49. The average Bonchev–Trinajstić information content (AvgIpc) is 3.17. The zero-order valence-electron chi connectivity index (χ0n) is 19.4. The van der Waals surface area contributed by atoms with Crippen LogP contribution in [0.5, 0.6) is 0 Å². The Labute approximate surface area is 193 Å². The Hall–Kier alpha value is -3.22. The first-order valence-electron chi connectivity index (χ1n) is 11.5. The predicted octanol–water partition coefficient (Wildman–Crippen LogP) is 5.11. The molecule has 0 saturated heterocycles. The highest BCUT2D eigenvalue weighted by molar-refractivity contribution is 6.23. The van der Waals surface area contributed by atoms with Crippen LogP contribution in [0.2, 0.25) is 0 Å². The van der Waals surface area contributed by atoms with Crippen molar-refractivity contribution in [2.45, 2.75) is 65.2 Å². The molecule has 0 saturated carbocycles. The fourth-order valence-corrected chi connectivity index (χ4v) is 4.77. The minimum atomic E-state index is -0.161. The van der Waals surface area contributed by atoms with Crippen LogP contribution < -0.4 is 0 Å². The molecule has 1 heterocycles. The number of allylic oxidation sites excluding steroid dienone is 2. The summed E-state index contributed by atoms with van der Waals surface area (Å²) in [7, 11) is 0. The average molecular weight is 451 g/mol. The third kappa shape index (κ3) is 4.92. The van der Waals surface area contributed by atoms with Crippen LogP contribution in [0, 0.1) is 5.41 Å². The van der Waals surface area contributed by atoms with E-state index in [0.717, 1.165) is 5.56 Å². The molecule has 0 radical (unpaired) electrons. The molecule has 0 aliphatic heterocycles. The number of fused-ring (bicyclic) bond motifs is 1. The number of carbonyl (C=O) groups excluding carboxylic acids is 2. The van der Waals surface area contributed by atoms with Crippen LogP contribution in [0.25, 0.3) is 0 Å². The van der Waals surface area contributed by atoms with E-state index in [9.17, 15) is 14.7 Å². The highest BCUT2D eigenvalue weighted by Crippen LogP contribution is 2.37. The molecule has 2 aliphatic carbocycles. The fourth-order valence-electron chi connectivity index (χ4n) is 4.77. The Morgan fingerprint density at radius 3 is 2.64 bits per heavy atom. The van der Waals surface area contributed by atoms with Crippen LogP contribution in [-0.2, 0) is 22.5 Å². The van der Waals surface area contributed by atoms with Gasteiger partial charge < -0.3 is 14.5 Å². The molecule has 33 heavy (non-hydrogen) atoms. The lowest BCUT2D eigenvalue weighted by Crippen LogP contribution is -2.27. The summed E-state index contributed by atoms with van der Waals surface area (Å²) < 4.78 is 5.49. The zero-order chi connectivity index (χ0) is 23.6. The monoisotopic (exact) mass is 450 g/mol. The van der Waals surface area contributed by atoms with E-state index < -0.39 is 0 Å². The Balaban J connectivity index is 1.56. The highest BCUT2D eigenvalue weighted by atomic mass is 16.6. The van der Waals surface area contributed by atoms with E-state index >= 15 is 0 Å². The van der Waals surface area contributed by atoms with Crippen LogP contribution in [0.4, 0.5) is 0 Å². The first kappa shape index (κ1) is 23.0. The van der Waals surface area contributed by atoms with Gasteiger partial charge in [0.25, 0.3) is 0 Å². The number of carbonyl (C=O) groups is 2. The van der Waals surface area contributed by atoms with Crippen LogP contribution in [0.1, 0.15) is 79.7 Å². The van der Waals surface area contributed by atoms with E-state index in [-0.39, 0.29) is 34.2 Å². The third-order valence-electron chi connectivity index (χ3n) is 6.29. The van der Waals surface area contributed by atoms with Crippen molar-refractivity contribution < 1.29 is 24.1 Å². The maximum Gasteiger partial charge on any atom is 0.168 e. The van der Waals surface area contributed by atoms with E-state index in [1.54, 1.807) is 6.92 Å². The molecule has 7 heteroatoms. The first-order chi connectivity index (χ1) is 15.8. The van der Waals surface area contributed by atoms with Gasteiger partial charge >= 0.3 is 0 Å². The van der Waals surface area contributed by atoms with Gasteiger partial charge in [-0.1, -0.05) is 54.5 Å². The zero-order valence-corrected chi connectivity index (χ0v) is 19.4. The van der Waals surface area contributed by atoms with E-state index in [2.05, 4.69) is 10.3 Å². The lowest BCUT2D eigenvalue weighted by atomic mass is 9.75. The molecule has 1 aromatic heterocycles. The summed E-state index contributed by atoms with van der Waals surface area (Å²) in [6, 6.07) is 9.73. The second kappa shape index (κ2) is 9.33. The SMILES string of the molecule is CCO/N=C(\CCc1noc2c1C(=O)CC(C)(C)C2)C1=C(O)CC(c2ccccc2)CC1=O. The Bertz CT molecular complexity index is 1110. The minimum Gasteiger partial charge on any atom is -0.511 e. The number of aromatic nitrogens is 1. The van der Waals surface area contributed by atoms with Crippen LogP contribution >= 0.6 is 0 Å². The van der Waals surface area contributed by atoms with Gasteiger partial charge in [-0.2, -0.15) is 0 Å². The van der Waals surface area contributed by atoms with Crippen LogP contribution in [0.15, 0.2) is 51.3 Å². The van der Waals surface area contributed by atoms with E-state index in [0.29, 0.717) is 67.9 Å². The van der Waals surface area contributed by atoms with Gasteiger partial charge in [-0.25, -0.2) is 0 Å². The molecule has 0 bridgehead atoms. The minimum absolute atomic E-state index is 0.0264. The number of aliphatic hydroxyl groups is 1. The molecular weight excluding hydrogens is 420 g/mol. The quantitative estimate of drug-likeness (QED) is 0.464. The summed E-state index contributed by atoms with van der Waals surface area (Å²) in [5.41, 5.74) is 2.60. The summed E-state index contributed by atoms with van der Waals surface area (Å²) in [6.07, 6.45) is 2.43. The molecule has 0 amide bonds. The lowest BCUT2D eigenvalue weighted by Gasteiger charge is -2.26. The molecule has 7 nitrogen and oxygen atoms in total. The molecule has 4 rings (SSSR count). The summed E-state index contributed by atoms with van der Waals surface area (Å²) in [5, 5.41) is 19.1. The van der Waals surface area contributed by atoms with E-state index in [1.807, 2.05) is 44.2 Å². The maximum absolute atomic E-state index is 13.1. The van der Waals surface area contributed by atoms with Gasteiger partial charge in [-0.3, -0.25) is 9.59 Å². The summed E-state index contributed by atoms with van der Waals surface area (Å²) in [5.74, 6) is 0.447. The molecule has 0 fully saturated rings. The normalized spacial score (nSPS) is 20.7. The van der Waals surface area contributed by atoms with Crippen LogP contribution in [0.3, 0.4) is 0 Å². The standard InChI is InChI=1S/C26H30N2O5/c1-4-32-27-18(10-11-19-25-22(31)14-26(2,3)15-23(25)33-28-19)24-20(29)12-17(13-21(24)30)16-8-6-5-7-9-16/h5-9,17,29H,4,10-15H2,1-3H3/b27-18+. The van der Waals surface area contributed by atoms with E-state index in [1.165, 1.54) is 0 Å². The Morgan fingerprint density at radius 2 is 1.94 bits per heavy atom. The summed E-state index contributed by atoms with van der Waals surface area (Å²) in [6.45, 7) is 6.22. The molecule has 2 aliphatic rings. The molecule has 174 valence electrons. The molecule has 0 spiro atoms. The Morgan fingerprint density at radius 1 is 1.18 bits per heavy atom. The predicted molar refractivity (Wildman–Crippen MR) is 123 cm³/mol. The second-order valence-corrected chi connectivity index (χ2v) is 9.58. The molecule has 1 N–H and O–H groups in total. The fraction of sp³-hybridized carbons (Fsp3) is 0.462. The number of ketones is 2. The number of rotatable bonds is 7. The van der Waals surface area contributed by atoms with E-state index in [4.69, 9.17) is 9.36 Å². The highest BCUT2D eigenvalue weighted by Gasteiger charge is 2.37. The smallest absolute Gasteiger partial charge is 0.168 e. The molecule has 1 aromatic carbocycles. The summed E-state index contributed by atoms with van der Waals surface area (Å²) in [4.78, 5) is 31.1. The van der Waals surface area contributed by atoms with Crippen molar-refractivity contribution in [2.75, 3.05) is 6.61 Å². The van der Waals surface area contributed by atoms with Gasteiger partial charge in [0.1, 0.15) is 18.1 Å². The van der Waals surface area contributed by atoms with Gasteiger partial charge in [-0.05, 0) is 36.7 Å². The summed E-state index contributed by atoms with van der Waals surface area (Å²) >= 11 is 0. The first-order valence-corrected chi connectivity index (χ1v) is 11.5. The number of aliphatic hydroxyl groups excluding tert-OH is 1. The van der Waals surface area contributed by atoms with Gasteiger partial charge in [0.15, 0.2) is 11.6 Å². The maximum atomic E-state index is 13.1. The van der Waals surface area contributed by atoms with Crippen molar-refractivity contribution in [3.8, 4) is 0 Å². The lowest BCUT2D eigenvalue weighted by molar-refractivity contribution is -0.116. The van der Waals surface area contributed by atoms with Crippen molar-refractivity contribution in [1.29, 1.82) is 0 Å². The van der Waals surface area contributed by atoms with Crippen LogP contribution in [-0.4, -0.2) is 34.1 Å². The number of nitrogens with zero attached hydrogens (tertiary/aromatic N) is 2. The largest absolute Gasteiger partial charge is 0.511 e. The van der Waals surface area contributed by atoms with Gasteiger partial charge in [0.2, 0.25) is 0 Å². The van der Waals surface area contributed by atoms with Gasteiger partial charge in [0, 0.05) is 25.7 Å². The number of hydrogen-bond donors (Lipinski definition) is 1. The molecular formula is C26H30N2O5. The van der Waals surface area contributed by atoms with Crippen molar-refractivity contribution in [3.63, 3.8) is 0 Å². The number of hydrogen-bond acceptors (Lipinski definition) is 7. The van der Waals surface area contributed by atoms with Gasteiger partial charge in [0.05, 0.1) is 22.5 Å². The van der Waals surface area contributed by atoms with Crippen molar-refractivity contribution in [2.24, 2.45) is 10.6 Å². The van der Waals surface area contributed by atoms with Gasteiger partial charge in [-0.15, -0.1) is 0 Å². The van der Waals surface area contributed by atoms with Crippen molar-refractivity contribution >= 4 is 17.3 Å². The molecule has 1 atom stereocenters. The second-order valence-electron chi connectivity index (χ2n) is 9.58. The molecule has 1 unspecified atom stereocenters. The number of oxime groups is 1. The van der Waals surface area contributed by atoms with Crippen molar-refractivity contribution in [1.82, 2.24) is 5.16 Å². The topological polar surface area (TPSA) is 102 Å². The number of benzene rings is 1. The number of Topliss-reactive ketones (excluding diaryl/α,β-unsaturated/α-hetero) is 2. The number of aryl methyl sites for hydroxylation is 1.